The molecule has 7 nitrogen and oxygen atoms in total. The van der Waals surface area contributed by atoms with Gasteiger partial charge in [0.05, 0.1) is 33.0 Å². The van der Waals surface area contributed by atoms with Crippen molar-refractivity contribution >= 4 is 6.29 Å². The molecule has 0 saturated carbocycles. The van der Waals surface area contributed by atoms with Crippen molar-refractivity contribution in [2.24, 2.45) is 0 Å². The number of benzene rings is 4. The van der Waals surface area contributed by atoms with E-state index in [0.717, 1.165) is 73.5 Å². The first-order valence-corrected chi connectivity index (χ1v) is 18.6. The Hall–Kier alpha value is -3.69. The Labute approximate surface area is 304 Å². The van der Waals surface area contributed by atoms with Gasteiger partial charge in [-0.05, 0) is 35.1 Å². The summed E-state index contributed by atoms with van der Waals surface area (Å²) in [4.78, 5) is 10.6. The number of ether oxygens (including phenoxy) is 6. The highest BCUT2D eigenvalue weighted by Crippen LogP contribution is 2.32. The van der Waals surface area contributed by atoms with Gasteiger partial charge in [-0.2, -0.15) is 0 Å². The number of carbonyl (C=O) groups is 1. The molecule has 4 aromatic carbocycles. The fourth-order valence-corrected chi connectivity index (χ4v) is 6.29. The van der Waals surface area contributed by atoms with E-state index >= 15 is 0 Å². The molecule has 0 amide bonds. The Morgan fingerprint density at radius 2 is 0.902 bits per heavy atom. The Balaban J connectivity index is 1.33. The largest absolute Gasteiger partial charge is 0.374 e. The highest BCUT2D eigenvalue weighted by atomic mass is 16.7. The average Bonchev–Trinajstić information content (AvgIpc) is 3.18. The number of unbranched alkanes of at least 4 members (excludes halogenated alkanes) is 7. The molecule has 51 heavy (non-hydrogen) atoms. The Bertz CT molecular complexity index is 1450. The van der Waals surface area contributed by atoms with E-state index in [4.69, 9.17) is 28.4 Å². The number of aldehydes is 1. The summed E-state index contributed by atoms with van der Waals surface area (Å²) >= 11 is 0. The molecule has 1 aliphatic heterocycles. The van der Waals surface area contributed by atoms with Crippen molar-refractivity contribution in [3.05, 3.63) is 144 Å². The summed E-state index contributed by atoms with van der Waals surface area (Å²) in [6.07, 6.45) is 6.50. The fourth-order valence-electron chi connectivity index (χ4n) is 6.29. The van der Waals surface area contributed by atoms with Crippen LogP contribution in [0.1, 0.15) is 73.6 Å². The van der Waals surface area contributed by atoms with Gasteiger partial charge in [0.1, 0.15) is 30.7 Å². The van der Waals surface area contributed by atoms with Crippen molar-refractivity contribution in [2.75, 3.05) is 13.2 Å². The van der Waals surface area contributed by atoms with Gasteiger partial charge in [0.2, 0.25) is 0 Å². The number of hydrogen-bond donors (Lipinski definition) is 0. The van der Waals surface area contributed by atoms with Crippen LogP contribution in [0.5, 0.6) is 0 Å². The highest BCUT2D eigenvalue weighted by Gasteiger charge is 2.49. The zero-order chi connectivity index (χ0) is 35.2. The standard InChI is InChI=1S/C44H54O7/c45-29-19-5-3-1-2-4-6-20-30-47-44-43(50-34-39-27-17-10-18-28-39)42(49-33-38-25-15-9-16-26-38)41(48-32-37-23-13-8-14-24-37)40(51-44)35-46-31-36-21-11-7-12-22-36/h7-18,21-29,40-44H,1-6,19-20,30-35H2/t40-,41+,42+,43-,44?/m1/s1. The Kier molecular flexibility index (Phi) is 17.4. The van der Waals surface area contributed by atoms with Gasteiger partial charge in [0.25, 0.3) is 0 Å². The van der Waals surface area contributed by atoms with Gasteiger partial charge in [-0.15, -0.1) is 0 Å². The average molecular weight is 695 g/mol. The molecule has 272 valence electrons. The Morgan fingerprint density at radius 3 is 1.41 bits per heavy atom. The van der Waals surface area contributed by atoms with Crippen LogP contribution in [0.15, 0.2) is 121 Å². The van der Waals surface area contributed by atoms with E-state index in [-0.39, 0.29) is 0 Å². The van der Waals surface area contributed by atoms with Crippen molar-refractivity contribution in [1.82, 2.24) is 0 Å². The molecule has 1 heterocycles. The maximum absolute atomic E-state index is 10.6. The van der Waals surface area contributed by atoms with Crippen LogP contribution in [0.2, 0.25) is 0 Å². The molecule has 1 aliphatic rings. The minimum absolute atomic E-state index is 0.301. The van der Waals surface area contributed by atoms with Crippen molar-refractivity contribution in [1.29, 1.82) is 0 Å². The molecular formula is C44H54O7. The second kappa shape index (κ2) is 23.0. The van der Waals surface area contributed by atoms with E-state index in [2.05, 4.69) is 48.5 Å². The summed E-state index contributed by atoms with van der Waals surface area (Å²) in [6.45, 7) is 2.45. The van der Waals surface area contributed by atoms with Crippen LogP contribution in [0, 0.1) is 0 Å². The van der Waals surface area contributed by atoms with Crippen molar-refractivity contribution in [2.45, 2.75) is 108 Å². The van der Waals surface area contributed by atoms with E-state index < -0.39 is 30.7 Å². The number of rotatable bonds is 24. The van der Waals surface area contributed by atoms with E-state index in [9.17, 15) is 4.79 Å². The van der Waals surface area contributed by atoms with Gasteiger partial charge in [-0.25, -0.2) is 0 Å². The summed E-state index contributed by atoms with van der Waals surface area (Å²) < 4.78 is 39.9. The first-order chi connectivity index (χ1) is 25.3. The minimum atomic E-state index is -0.681. The molecular weight excluding hydrogens is 640 g/mol. The van der Waals surface area contributed by atoms with Crippen LogP contribution in [-0.2, 0) is 59.6 Å². The maximum atomic E-state index is 10.6. The number of hydrogen-bond acceptors (Lipinski definition) is 7. The first kappa shape index (κ1) is 38.5. The summed E-state index contributed by atoms with van der Waals surface area (Å²) in [5.74, 6) is 0. The molecule has 0 aliphatic carbocycles. The topological polar surface area (TPSA) is 72.5 Å². The second-order valence-corrected chi connectivity index (χ2v) is 13.1. The molecule has 0 aromatic heterocycles. The summed E-state index contributed by atoms with van der Waals surface area (Å²) in [5, 5.41) is 0. The normalized spacial score (nSPS) is 20.3. The van der Waals surface area contributed by atoms with E-state index in [1.165, 1.54) is 0 Å². The van der Waals surface area contributed by atoms with Crippen LogP contribution in [-0.4, -0.2) is 50.2 Å². The van der Waals surface area contributed by atoms with Gasteiger partial charge in [0, 0.05) is 13.0 Å². The van der Waals surface area contributed by atoms with Gasteiger partial charge in [-0.3, -0.25) is 0 Å². The lowest BCUT2D eigenvalue weighted by molar-refractivity contribution is -0.328. The molecule has 5 rings (SSSR count). The quantitative estimate of drug-likeness (QED) is 0.0536. The third-order valence-electron chi connectivity index (χ3n) is 9.09. The summed E-state index contributed by atoms with van der Waals surface area (Å²) in [5.41, 5.74) is 4.27. The van der Waals surface area contributed by atoms with Crippen LogP contribution >= 0.6 is 0 Å². The van der Waals surface area contributed by atoms with Crippen molar-refractivity contribution in [3.8, 4) is 0 Å². The highest BCUT2D eigenvalue weighted by molar-refractivity contribution is 5.48. The molecule has 7 heteroatoms. The molecule has 0 N–H and O–H groups in total. The van der Waals surface area contributed by atoms with E-state index in [1.807, 2.05) is 72.8 Å². The molecule has 0 bridgehead atoms. The van der Waals surface area contributed by atoms with Gasteiger partial charge >= 0.3 is 0 Å². The lowest BCUT2D eigenvalue weighted by Gasteiger charge is -2.46. The van der Waals surface area contributed by atoms with Crippen LogP contribution < -0.4 is 0 Å². The SMILES string of the molecule is O=CCCCCCCCCCOC1O[C@H](COCc2ccccc2)[C@H](OCc2ccccc2)[C@H](OCc2ccccc2)[C@H]1OCc1ccccc1. The van der Waals surface area contributed by atoms with Crippen LogP contribution in [0.25, 0.3) is 0 Å². The third-order valence-corrected chi connectivity index (χ3v) is 9.09. The maximum Gasteiger partial charge on any atom is 0.186 e. The minimum Gasteiger partial charge on any atom is -0.374 e. The van der Waals surface area contributed by atoms with Crippen molar-refractivity contribution in [3.63, 3.8) is 0 Å². The predicted molar refractivity (Wildman–Crippen MR) is 199 cm³/mol. The van der Waals surface area contributed by atoms with Crippen molar-refractivity contribution < 1.29 is 33.2 Å². The lowest BCUT2D eigenvalue weighted by atomic mass is 9.97. The van der Waals surface area contributed by atoms with Gasteiger partial charge < -0.3 is 33.2 Å². The third kappa shape index (κ3) is 13.8. The summed E-state index contributed by atoms with van der Waals surface area (Å²) in [6, 6.07) is 40.6. The van der Waals surface area contributed by atoms with Crippen LogP contribution in [0.4, 0.5) is 0 Å². The molecule has 0 radical (unpaired) electrons. The van der Waals surface area contributed by atoms with E-state index in [0.29, 0.717) is 46.1 Å². The zero-order valence-corrected chi connectivity index (χ0v) is 29.8. The second-order valence-electron chi connectivity index (χ2n) is 13.1. The molecule has 1 saturated heterocycles. The molecule has 0 spiro atoms. The summed E-state index contributed by atoms with van der Waals surface area (Å²) in [7, 11) is 0. The fraction of sp³-hybridized carbons (Fsp3) is 0.432. The smallest absolute Gasteiger partial charge is 0.186 e. The number of carbonyl (C=O) groups excluding carboxylic acids is 1. The lowest BCUT2D eigenvalue weighted by Crippen LogP contribution is -2.61. The predicted octanol–water partition coefficient (Wildman–Crippen LogP) is 9.02. The van der Waals surface area contributed by atoms with Crippen LogP contribution in [0.3, 0.4) is 0 Å². The molecule has 1 fully saturated rings. The Morgan fingerprint density at radius 1 is 0.471 bits per heavy atom. The first-order valence-electron chi connectivity index (χ1n) is 18.6. The molecule has 4 aromatic rings. The zero-order valence-electron chi connectivity index (χ0n) is 29.8. The van der Waals surface area contributed by atoms with Gasteiger partial charge in [-0.1, -0.05) is 153 Å². The molecule has 1 unspecified atom stereocenters. The molecule has 5 atom stereocenters. The van der Waals surface area contributed by atoms with E-state index in [1.54, 1.807) is 0 Å². The van der Waals surface area contributed by atoms with Gasteiger partial charge in [0.15, 0.2) is 6.29 Å². The monoisotopic (exact) mass is 694 g/mol.